The van der Waals surface area contributed by atoms with E-state index in [0.29, 0.717) is 23.5 Å². The molecule has 0 fully saturated rings. The second-order valence-electron chi connectivity index (χ2n) is 6.78. The number of nitro groups is 1. The van der Waals surface area contributed by atoms with Gasteiger partial charge in [-0.05, 0) is 42.0 Å². The molecule has 1 aromatic heterocycles. The topological polar surface area (TPSA) is 90.1 Å². The first-order chi connectivity index (χ1) is 15.0. The Labute approximate surface area is 176 Å². The molecule has 7 nitrogen and oxygen atoms in total. The number of hydrogen-bond acceptors (Lipinski definition) is 4. The zero-order valence-electron chi connectivity index (χ0n) is 16.2. The third-order valence-electron chi connectivity index (χ3n) is 4.66. The van der Waals surface area contributed by atoms with Gasteiger partial charge in [0, 0.05) is 24.2 Å². The van der Waals surface area contributed by atoms with Gasteiger partial charge in [0.1, 0.15) is 11.5 Å². The molecule has 0 radical (unpaired) electrons. The molecule has 4 aromatic rings. The summed E-state index contributed by atoms with van der Waals surface area (Å²) in [6.45, 7) is 0.311. The fourth-order valence-corrected chi connectivity index (χ4v) is 3.11. The molecule has 1 amide bonds. The lowest BCUT2D eigenvalue weighted by Gasteiger charge is -2.08. The van der Waals surface area contributed by atoms with Crippen LogP contribution >= 0.6 is 0 Å². The van der Waals surface area contributed by atoms with Gasteiger partial charge in [-0.3, -0.25) is 14.9 Å². The van der Waals surface area contributed by atoms with Crippen molar-refractivity contribution in [1.29, 1.82) is 0 Å². The Morgan fingerprint density at radius 1 is 1.00 bits per heavy atom. The van der Waals surface area contributed by atoms with Gasteiger partial charge in [-0.25, -0.2) is 9.07 Å². The summed E-state index contributed by atoms with van der Waals surface area (Å²) in [5.41, 5.74) is 2.44. The van der Waals surface area contributed by atoms with Gasteiger partial charge in [-0.15, -0.1) is 0 Å². The molecule has 1 N–H and O–H groups in total. The van der Waals surface area contributed by atoms with Crippen molar-refractivity contribution in [3.8, 4) is 16.9 Å². The van der Waals surface area contributed by atoms with Gasteiger partial charge >= 0.3 is 0 Å². The van der Waals surface area contributed by atoms with Gasteiger partial charge in [0.2, 0.25) is 0 Å². The molecule has 0 unspecified atom stereocenters. The lowest BCUT2D eigenvalue weighted by atomic mass is 10.1. The van der Waals surface area contributed by atoms with Crippen molar-refractivity contribution in [1.82, 2.24) is 15.1 Å². The minimum Gasteiger partial charge on any atom is -0.347 e. The van der Waals surface area contributed by atoms with Gasteiger partial charge in [0.15, 0.2) is 0 Å². The van der Waals surface area contributed by atoms with Crippen LogP contribution in [-0.2, 0) is 6.54 Å². The molecule has 0 aliphatic rings. The van der Waals surface area contributed by atoms with Crippen LogP contribution < -0.4 is 5.32 Å². The Kier molecular flexibility index (Phi) is 5.53. The summed E-state index contributed by atoms with van der Waals surface area (Å²) in [6, 6.07) is 22.6. The zero-order chi connectivity index (χ0) is 21.8. The number of amides is 1. The maximum absolute atomic E-state index is 13.3. The van der Waals surface area contributed by atoms with Crippen molar-refractivity contribution in [2.75, 3.05) is 0 Å². The van der Waals surface area contributed by atoms with Crippen LogP contribution in [0.4, 0.5) is 10.1 Å². The number of nitrogens with one attached hydrogen (secondary N) is 1. The fourth-order valence-electron chi connectivity index (χ4n) is 3.11. The fraction of sp³-hybridized carbons (Fsp3) is 0.0435. The van der Waals surface area contributed by atoms with Crippen LogP contribution in [0.2, 0.25) is 0 Å². The first-order valence-corrected chi connectivity index (χ1v) is 9.44. The average Bonchev–Trinajstić information content (AvgIpc) is 3.24. The smallest absolute Gasteiger partial charge is 0.271 e. The highest BCUT2D eigenvalue weighted by Gasteiger charge is 2.19. The van der Waals surface area contributed by atoms with Crippen molar-refractivity contribution < 1.29 is 14.1 Å². The van der Waals surface area contributed by atoms with Crippen LogP contribution in [0.5, 0.6) is 0 Å². The van der Waals surface area contributed by atoms with E-state index in [1.807, 2.05) is 30.3 Å². The standard InChI is InChI=1S/C23H17FN4O3/c24-18-11-9-17(10-12-18)21-14-22(23(29)25-15-16-5-2-1-3-6-16)27(26-21)19-7-4-8-20(13-19)28(30)31/h1-14H,15H2,(H,25,29). The average molecular weight is 416 g/mol. The van der Waals surface area contributed by atoms with E-state index in [0.717, 1.165) is 5.56 Å². The monoisotopic (exact) mass is 416 g/mol. The van der Waals surface area contributed by atoms with Gasteiger partial charge < -0.3 is 5.32 Å². The van der Waals surface area contributed by atoms with Gasteiger partial charge in [-0.2, -0.15) is 5.10 Å². The third kappa shape index (κ3) is 4.48. The van der Waals surface area contributed by atoms with Crippen molar-refractivity contribution in [2.24, 2.45) is 0 Å². The summed E-state index contributed by atoms with van der Waals surface area (Å²) in [5, 5.41) is 18.5. The number of halogens is 1. The van der Waals surface area contributed by atoms with Gasteiger partial charge in [0.05, 0.1) is 16.3 Å². The van der Waals surface area contributed by atoms with Crippen LogP contribution in [0.1, 0.15) is 16.1 Å². The van der Waals surface area contributed by atoms with Crippen molar-refractivity contribution in [3.63, 3.8) is 0 Å². The van der Waals surface area contributed by atoms with Gasteiger partial charge in [0.25, 0.3) is 11.6 Å². The number of aromatic nitrogens is 2. The zero-order valence-corrected chi connectivity index (χ0v) is 16.2. The molecule has 3 aromatic carbocycles. The molecular formula is C23H17FN4O3. The molecule has 0 saturated heterocycles. The molecule has 0 aliphatic carbocycles. The lowest BCUT2D eigenvalue weighted by molar-refractivity contribution is -0.384. The number of benzene rings is 3. The Morgan fingerprint density at radius 3 is 2.45 bits per heavy atom. The van der Waals surface area contributed by atoms with E-state index in [2.05, 4.69) is 10.4 Å². The summed E-state index contributed by atoms with van der Waals surface area (Å²) in [7, 11) is 0. The van der Waals surface area contributed by atoms with E-state index >= 15 is 0 Å². The number of rotatable bonds is 6. The minimum absolute atomic E-state index is 0.119. The van der Waals surface area contributed by atoms with E-state index in [9.17, 15) is 19.3 Å². The molecule has 31 heavy (non-hydrogen) atoms. The lowest BCUT2D eigenvalue weighted by Crippen LogP contribution is -2.25. The molecule has 0 atom stereocenters. The van der Waals surface area contributed by atoms with Crippen LogP contribution in [0, 0.1) is 15.9 Å². The number of nitro benzene ring substituents is 1. The first-order valence-electron chi connectivity index (χ1n) is 9.44. The van der Waals surface area contributed by atoms with Crippen LogP contribution in [-0.4, -0.2) is 20.6 Å². The SMILES string of the molecule is O=C(NCc1ccccc1)c1cc(-c2ccc(F)cc2)nn1-c1cccc([N+](=O)[O-])c1. The van der Waals surface area contributed by atoms with Crippen molar-refractivity contribution >= 4 is 11.6 Å². The van der Waals surface area contributed by atoms with Crippen LogP contribution in [0.15, 0.2) is 84.9 Å². The summed E-state index contributed by atoms with van der Waals surface area (Å²) >= 11 is 0. The van der Waals surface area contributed by atoms with E-state index in [-0.39, 0.29) is 17.2 Å². The van der Waals surface area contributed by atoms with E-state index in [1.165, 1.54) is 35.0 Å². The Hall–Kier alpha value is -4.33. The normalized spacial score (nSPS) is 10.6. The minimum atomic E-state index is -0.511. The van der Waals surface area contributed by atoms with Crippen molar-refractivity contribution in [3.05, 3.63) is 112 Å². The maximum atomic E-state index is 13.3. The highest BCUT2D eigenvalue weighted by molar-refractivity contribution is 5.94. The number of carbonyl (C=O) groups excluding carboxylic acids is 1. The molecule has 0 bridgehead atoms. The highest BCUT2D eigenvalue weighted by atomic mass is 19.1. The van der Waals surface area contributed by atoms with Crippen LogP contribution in [0.3, 0.4) is 0 Å². The second kappa shape index (κ2) is 8.58. The summed E-state index contributed by atoms with van der Waals surface area (Å²) in [4.78, 5) is 23.6. The molecule has 154 valence electrons. The first kappa shape index (κ1) is 20.0. The largest absolute Gasteiger partial charge is 0.347 e. The predicted octanol–water partition coefficient (Wildman–Crippen LogP) is 4.52. The molecule has 0 aliphatic heterocycles. The van der Waals surface area contributed by atoms with E-state index in [4.69, 9.17) is 0 Å². The predicted molar refractivity (Wildman–Crippen MR) is 113 cm³/mol. The van der Waals surface area contributed by atoms with Crippen LogP contribution in [0.25, 0.3) is 16.9 Å². The molecule has 8 heteroatoms. The number of non-ortho nitro benzene ring substituents is 1. The van der Waals surface area contributed by atoms with Crippen molar-refractivity contribution in [2.45, 2.75) is 6.54 Å². The van der Waals surface area contributed by atoms with E-state index in [1.54, 1.807) is 24.3 Å². The van der Waals surface area contributed by atoms with E-state index < -0.39 is 10.8 Å². The second-order valence-corrected chi connectivity index (χ2v) is 6.78. The van der Waals surface area contributed by atoms with Gasteiger partial charge in [-0.1, -0.05) is 36.4 Å². The number of carbonyl (C=O) groups is 1. The Morgan fingerprint density at radius 2 is 1.74 bits per heavy atom. The molecule has 4 rings (SSSR count). The molecule has 0 spiro atoms. The highest BCUT2D eigenvalue weighted by Crippen LogP contribution is 2.24. The number of hydrogen-bond donors (Lipinski definition) is 1. The summed E-state index contributed by atoms with van der Waals surface area (Å²) < 4.78 is 14.7. The number of nitrogens with zero attached hydrogens (tertiary/aromatic N) is 3. The Balaban J connectivity index is 1.73. The summed E-state index contributed by atoms with van der Waals surface area (Å²) in [5.74, 6) is -0.779. The molecular weight excluding hydrogens is 399 g/mol. The third-order valence-corrected chi connectivity index (χ3v) is 4.66. The molecule has 1 heterocycles. The molecule has 0 saturated carbocycles. The maximum Gasteiger partial charge on any atom is 0.271 e. The quantitative estimate of drug-likeness (QED) is 0.370. The Bertz CT molecular complexity index is 1240. The summed E-state index contributed by atoms with van der Waals surface area (Å²) in [6.07, 6.45) is 0.